The molecule has 0 atom stereocenters. The largest absolute Gasteiger partial charge is 0.493 e. The quantitative estimate of drug-likeness (QED) is 0.682. The number of piperidine rings is 1. The summed E-state index contributed by atoms with van der Waals surface area (Å²) in [5.74, 6) is 1.85. The lowest BCUT2D eigenvalue weighted by Crippen LogP contribution is -2.49. The van der Waals surface area contributed by atoms with Crippen molar-refractivity contribution in [3.05, 3.63) is 17.7 Å². The van der Waals surface area contributed by atoms with Gasteiger partial charge in [-0.25, -0.2) is 0 Å². The van der Waals surface area contributed by atoms with Gasteiger partial charge in [-0.3, -0.25) is 9.69 Å². The normalized spacial score (nSPS) is 17.2. The molecule has 1 fully saturated rings. The highest BCUT2D eigenvalue weighted by Crippen LogP contribution is 2.38. The zero-order valence-corrected chi connectivity index (χ0v) is 14.5. The molecule has 134 valence electrons. The van der Waals surface area contributed by atoms with Crippen molar-refractivity contribution in [1.29, 1.82) is 0 Å². The number of hydrogen-bond donors (Lipinski definition) is 2. The maximum absolute atomic E-state index is 10.4. The first-order valence-electron chi connectivity index (χ1n) is 7.96. The molecule has 1 aromatic carbocycles. The fourth-order valence-corrected chi connectivity index (χ4v) is 3.02. The monoisotopic (exact) mass is 338 g/mol. The van der Waals surface area contributed by atoms with Crippen molar-refractivity contribution in [2.75, 3.05) is 41.0 Å². The fourth-order valence-electron chi connectivity index (χ4n) is 3.02. The van der Waals surface area contributed by atoms with Crippen LogP contribution in [0.15, 0.2) is 12.1 Å². The van der Waals surface area contributed by atoms with E-state index in [-0.39, 0.29) is 0 Å². The van der Waals surface area contributed by atoms with Gasteiger partial charge in [-0.15, -0.1) is 0 Å². The number of rotatable bonds is 8. The summed E-state index contributed by atoms with van der Waals surface area (Å²) in [7, 11) is 4.78. The third-order valence-corrected chi connectivity index (χ3v) is 4.43. The van der Waals surface area contributed by atoms with Crippen molar-refractivity contribution in [2.45, 2.75) is 25.0 Å². The SMILES string of the molecule is COc1cc(CN2CCC(O)(CNC=O)CC2)cc(OC)c1OC. The molecule has 0 spiro atoms. The number of nitrogens with zero attached hydrogens (tertiary/aromatic N) is 1. The molecule has 1 heterocycles. The lowest BCUT2D eigenvalue weighted by molar-refractivity contribution is -0.111. The third kappa shape index (κ3) is 4.30. The van der Waals surface area contributed by atoms with Crippen LogP contribution in [-0.4, -0.2) is 63.0 Å². The van der Waals surface area contributed by atoms with Gasteiger partial charge in [-0.05, 0) is 30.5 Å². The average molecular weight is 338 g/mol. The average Bonchev–Trinajstić information content (AvgIpc) is 2.61. The summed E-state index contributed by atoms with van der Waals surface area (Å²) in [6.45, 7) is 2.55. The van der Waals surface area contributed by atoms with Gasteiger partial charge in [0.15, 0.2) is 11.5 Å². The molecular formula is C17H26N2O5. The van der Waals surface area contributed by atoms with Crippen molar-refractivity contribution in [2.24, 2.45) is 0 Å². The van der Waals surface area contributed by atoms with Crippen LogP contribution in [0.1, 0.15) is 18.4 Å². The molecule has 0 saturated carbocycles. The maximum atomic E-state index is 10.4. The van der Waals surface area contributed by atoms with E-state index in [2.05, 4.69) is 10.2 Å². The summed E-state index contributed by atoms with van der Waals surface area (Å²) in [6.07, 6.45) is 1.87. The summed E-state index contributed by atoms with van der Waals surface area (Å²) in [5, 5.41) is 13.0. The van der Waals surface area contributed by atoms with Crippen LogP contribution in [0, 0.1) is 0 Å². The maximum Gasteiger partial charge on any atom is 0.207 e. The number of carbonyl (C=O) groups excluding carboxylic acids is 1. The Hall–Kier alpha value is -1.99. The highest BCUT2D eigenvalue weighted by atomic mass is 16.5. The topological polar surface area (TPSA) is 80.3 Å². The first-order chi connectivity index (χ1) is 11.5. The molecule has 1 aliphatic rings. The molecule has 7 nitrogen and oxygen atoms in total. The van der Waals surface area contributed by atoms with E-state index >= 15 is 0 Å². The zero-order valence-electron chi connectivity index (χ0n) is 14.5. The van der Waals surface area contributed by atoms with Crippen LogP contribution < -0.4 is 19.5 Å². The lowest BCUT2D eigenvalue weighted by Gasteiger charge is -2.38. The van der Waals surface area contributed by atoms with Crippen LogP contribution in [-0.2, 0) is 11.3 Å². The highest BCUT2D eigenvalue weighted by Gasteiger charge is 2.32. The van der Waals surface area contributed by atoms with Gasteiger partial charge in [0, 0.05) is 26.2 Å². The molecule has 0 aromatic heterocycles. The molecule has 1 aromatic rings. The highest BCUT2D eigenvalue weighted by molar-refractivity contribution is 5.53. The third-order valence-electron chi connectivity index (χ3n) is 4.43. The van der Waals surface area contributed by atoms with Gasteiger partial charge in [-0.1, -0.05) is 0 Å². The minimum absolute atomic E-state index is 0.300. The molecule has 2 rings (SSSR count). The summed E-state index contributed by atoms with van der Waals surface area (Å²) in [5.41, 5.74) is 0.244. The van der Waals surface area contributed by atoms with Gasteiger partial charge in [0.05, 0.1) is 26.9 Å². The van der Waals surface area contributed by atoms with Crippen molar-refractivity contribution in [3.8, 4) is 17.2 Å². The van der Waals surface area contributed by atoms with Crippen molar-refractivity contribution in [3.63, 3.8) is 0 Å². The van der Waals surface area contributed by atoms with E-state index in [0.717, 1.165) is 25.2 Å². The van der Waals surface area contributed by atoms with Crippen LogP contribution in [0.2, 0.25) is 0 Å². The number of likely N-dealkylation sites (tertiary alicyclic amines) is 1. The molecular weight excluding hydrogens is 312 g/mol. The number of nitrogens with one attached hydrogen (secondary N) is 1. The van der Waals surface area contributed by atoms with E-state index in [1.54, 1.807) is 21.3 Å². The van der Waals surface area contributed by atoms with Gasteiger partial charge in [0.2, 0.25) is 12.2 Å². The fraction of sp³-hybridized carbons (Fsp3) is 0.588. The molecule has 1 saturated heterocycles. The van der Waals surface area contributed by atoms with E-state index in [0.29, 0.717) is 43.0 Å². The Bertz CT molecular complexity index is 531. The first kappa shape index (κ1) is 18.4. The smallest absolute Gasteiger partial charge is 0.207 e. The molecule has 0 bridgehead atoms. The van der Waals surface area contributed by atoms with Gasteiger partial charge in [0.1, 0.15) is 0 Å². The number of aliphatic hydroxyl groups is 1. The zero-order chi connectivity index (χ0) is 17.6. The van der Waals surface area contributed by atoms with E-state index in [4.69, 9.17) is 14.2 Å². The number of benzene rings is 1. The van der Waals surface area contributed by atoms with Crippen molar-refractivity contribution in [1.82, 2.24) is 10.2 Å². The number of amides is 1. The van der Waals surface area contributed by atoms with Crippen molar-refractivity contribution >= 4 is 6.41 Å². The second-order valence-electron chi connectivity index (χ2n) is 6.03. The molecule has 24 heavy (non-hydrogen) atoms. The van der Waals surface area contributed by atoms with E-state index in [9.17, 15) is 9.90 Å². The number of carbonyl (C=O) groups is 1. The second kappa shape index (κ2) is 8.21. The lowest BCUT2D eigenvalue weighted by atomic mass is 9.91. The van der Waals surface area contributed by atoms with Crippen LogP contribution >= 0.6 is 0 Å². The van der Waals surface area contributed by atoms with Crippen LogP contribution in [0.5, 0.6) is 17.2 Å². The Labute approximate surface area is 142 Å². The van der Waals surface area contributed by atoms with Gasteiger partial charge < -0.3 is 24.6 Å². The van der Waals surface area contributed by atoms with Crippen LogP contribution in [0.4, 0.5) is 0 Å². The Balaban J connectivity index is 2.03. The minimum atomic E-state index is -0.813. The van der Waals surface area contributed by atoms with E-state index < -0.39 is 5.60 Å². The Morgan fingerprint density at radius 3 is 2.21 bits per heavy atom. The molecule has 1 aliphatic heterocycles. The first-order valence-corrected chi connectivity index (χ1v) is 7.96. The predicted molar refractivity (Wildman–Crippen MR) is 89.6 cm³/mol. The molecule has 7 heteroatoms. The molecule has 1 amide bonds. The van der Waals surface area contributed by atoms with Gasteiger partial charge >= 0.3 is 0 Å². The summed E-state index contributed by atoms with van der Waals surface area (Å²) >= 11 is 0. The van der Waals surface area contributed by atoms with Crippen molar-refractivity contribution < 1.29 is 24.1 Å². The Morgan fingerprint density at radius 1 is 1.17 bits per heavy atom. The molecule has 0 aliphatic carbocycles. The Morgan fingerprint density at radius 2 is 1.75 bits per heavy atom. The van der Waals surface area contributed by atoms with Crippen LogP contribution in [0.25, 0.3) is 0 Å². The molecule has 2 N–H and O–H groups in total. The minimum Gasteiger partial charge on any atom is -0.493 e. The summed E-state index contributed by atoms with van der Waals surface area (Å²) in [4.78, 5) is 12.7. The standard InChI is InChI=1S/C17H26N2O5/c1-22-14-8-13(9-15(23-2)16(14)24-3)10-19-6-4-17(21,5-7-19)11-18-12-20/h8-9,12,21H,4-7,10-11H2,1-3H3,(H,18,20). The molecule has 0 unspecified atom stereocenters. The van der Waals surface area contributed by atoms with E-state index in [1.165, 1.54) is 0 Å². The summed E-state index contributed by atoms with van der Waals surface area (Å²) in [6, 6.07) is 3.88. The summed E-state index contributed by atoms with van der Waals surface area (Å²) < 4.78 is 16.1. The van der Waals surface area contributed by atoms with Crippen LogP contribution in [0.3, 0.4) is 0 Å². The van der Waals surface area contributed by atoms with Gasteiger partial charge in [0.25, 0.3) is 0 Å². The van der Waals surface area contributed by atoms with E-state index in [1.807, 2.05) is 12.1 Å². The second-order valence-corrected chi connectivity index (χ2v) is 6.03. The predicted octanol–water partition coefficient (Wildman–Crippen LogP) is 0.785. The van der Waals surface area contributed by atoms with Gasteiger partial charge in [-0.2, -0.15) is 0 Å². The number of hydrogen-bond acceptors (Lipinski definition) is 6. The molecule has 0 radical (unpaired) electrons. The number of methoxy groups -OCH3 is 3. The number of ether oxygens (including phenoxy) is 3. The Kier molecular flexibility index (Phi) is 6.28.